The molecule has 0 radical (unpaired) electrons. The molecule has 3 heterocycles. The van der Waals surface area contributed by atoms with Crippen LogP contribution in [0, 0.1) is 12.8 Å². The molecule has 28 heavy (non-hydrogen) atoms. The van der Waals surface area contributed by atoms with Crippen molar-refractivity contribution in [3.8, 4) is 0 Å². The van der Waals surface area contributed by atoms with Gasteiger partial charge in [-0.05, 0) is 42.5 Å². The van der Waals surface area contributed by atoms with Gasteiger partial charge in [0.2, 0.25) is 0 Å². The van der Waals surface area contributed by atoms with Crippen LogP contribution in [0.15, 0.2) is 73.7 Å². The predicted molar refractivity (Wildman–Crippen MR) is 114 cm³/mol. The van der Waals surface area contributed by atoms with Crippen LogP contribution in [0.5, 0.6) is 0 Å². The first-order valence-electron chi connectivity index (χ1n) is 9.86. The zero-order chi connectivity index (χ0) is 19.3. The van der Waals surface area contributed by atoms with Gasteiger partial charge in [0.25, 0.3) is 0 Å². The number of para-hydroxylation sites is 2. The maximum Gasteiger partial charge on any atom is 0.162 e. The predicted octanol–water partition coefficient (Wildman–Crippen LogP) is 5.71. The average Bonchev–Trinajstić information content (AvgIpc) is 3.07. The van der Waals surface area contributed by atoms with Crippen molar-refractivity contribution in [3.05, 3.63) is 84.8 Å². The Kier molecular flexibility index (Phi) is 3.93. The summed E-state index contributed by atoms with van der Waals surface area (Å²) in [7, 11) is 0. The minimum absolute atomic E-state index is 0.160. The van der Waals surface area contributed by atoms with Crippen molar-refractivity contribution >= 4 is 22.9 Å². The number of hydrogen-bond acceptors (Lipinski definition) is 4. The Balaban J connectivity index is 1.77. The number of hydrogen-bond donors (Lipinski definition) is 0. The Morgan fingerprint density at radius 1 is 1.00 bits per heavy atom. The zero-order valence-corrected chi connectivity index (χ0v) is 16.3. The summed E-state index contributed by atoms with van der Waals surface area (Å²) < 4.78 is 0. The second-order valence-electron chi connectivity index (χ2n) is 7.72. The van der Waals surface area contributed by atoms with E-state index in [1.165, 1.54) is 22.5 Å². The van der Waals surface area contributed by atoms with Gasteiger partial charge >= 0.3 is 0 Å². The summed E-state index contributed by atoms with van der Waals surface area (Å²) in [6.45, 7) is 8.55. The summed E-state index contributed by atoms with van der Waals surface area (Å²) in [6, 6.07) is 17.3. The van der Waals surface area contributed by atoms with Gasteiger partial charge in [-0.3, -0.25) is 0 Å². The second-order valence-corrected chi connectivity index (χ2v) is 7.72. The standard InChI is InChI=1S/C24H24N4/c1-4-9-18-17(3)24-27(20-12-7-5-10-16(20)2)22-14-25-15-26-23(22)28(24)21-13-8-6-11-19(18)21/h4-8,10-15,17-18,24H,1,9H2,2-3H3. The van der Waals surface area contributed by atoms with E-state index in [2.05, 4.69) is 83.7 Å². The first-order chi connectivity index (χ1) is 13.7. The van der Waals surface area contributed by atoms with Crippen molar-refractivity contribution < 1.29 is 0 Å². The molecule has 0 bridgehead atoms. The first kappa shape index (κ1) is 17.0. The normalized spacial score (nSPS) is 22.4. The summed E-state index contributed by atoms with van der Waals surface area (Å²) in [4.78, 5) is 13.9. The van der Waals surface area contributed by atoms with Crippen LogP contribution >= 0.6 is 0 Å². The second kappa shape index (κ2) is 6.48. The van der Waals surface area contributed by atoms with Gasteiger partial charge in [-0.2, -0.15) is 0 Å². The molecule has 5 rings (SSSR count). The molecule has 2 aliphatic heterocycles. The number of allylic oxidation sites excluding steroid dienone is 1. The Morgan fingerprint density at radius 2 is 1.75 bits per heavy atom. The third-order valence-electron chi connectivity index (χ3n) is 6.19. The molecule has 0 saturated carbocycles. The summed E-state index contributed by atoms with van der Waals surface area (Å²) in [5.74, 6) is 1.80. The summed E-state index contributed by atoms with van der Waals surface area (Å²) in [5.41, 5.74) is 6.17. The van der Waals surface area contributed by atoms with E-state index in [1.807, 2.05) is 12.3 Å². The van der Waals surface area contributed by atoms with Crippen molar-refractivity contribution in [2.75, 3.05) is 9.80 Å². The number of benzene rings is 2. The topological polar surface area (TPSA) is 32.3 Å². The third-order valence-corrected chi connectivity index (χ3v) is 6.19. The Morgan fingerprint density at radius 3 is 2.54 bits per heavy atom. The number of aromatic nitrogens is 2. The van der Waals surface area contributed by atoms with Gasteiger partial charge < -0.3 is 9.80 Å². The van der Waals surface area contributed by atoms with E-state index in [1.54, 1.807) is 6.33 Å². The summed E-state index contributed by atoms with van der Waals surface area (Å²) >= 11 is 0. The SMILES string of the molecule is C=CCC1c2ccccc2N2c3ncncc3N(c3ccccc3C)C2C1C. The van der Waals surface area contributed by atoms with E-state index < -0.39 is 0 Å². The molecule has 2 aliphatic rings. The third kappa shape index (κ3) is 2.30. The Labute approximate surface area is 166 Å². The van der Waals surface area contributed by atoms with Gasteiger partial charge in [-0.25, -0.2) is 9.97 Å². The largest absolute Gasteiger partial charge is 0.315 e. The fraction of sp³-hybridized carbons (Fsp3) is 0.250. The fourth-order valence-electron chi connectivity index (χ4n) is 4.92. The lowest BCUT2D eigenvalue weighted by molar-refractivity contribution is 0.368. The molecule has 3 atom stereocenters. The monoisotopic (exact) mass is 368 g/mol. The highest BCUT2D eigenvalue weighted by Gasteiger charge is 2.48. The van der Waals surface area contributed by atoms with Crippen LogP contribution < -0.4 is 9.80 Å². The molecule has 4 heteroatoms. The molecule has 2 aromatic carbocycles. The molecule has 0 amide bonds. The van der Waals surface area contributed by atoms with E-state index in [4.69, 9.17) is 4.98 Å². The van der Waals surface area contributed by atoms with E-state index in [-0.39, 0.29) is 6.17 Å². The zero-order valence-electron chi connectivity index (χ0n) is 16.3. The molecule has 140 valence electrons. The first-order valence-corrected chi connectivity index (χ1v) is 9.86. The van der Waals surface area contributed by atoms with Crippen molar-refractivity contribution in [3.63, 3.8) is 0 Å². The fourth-order valence-corrected chi connectivity index (χ4v) is 4.92. The average molecular weight is 368 g/mol. The Hall–Kier alpha value is -3.14. The van der Waals surface area contributed by atoms with Crippen LogP contribution in [0.2, 0.25) is 0 Å². The quantitative estimate of drug-likeness (QED) is 0.554. The highest BCUT2D eigenvalue weighted by molar-refractivity contribution is 5.88. The van der Waals surface area contributed by atoms with Crippen molar-refractivity contribution in [2.45, 2.75) is 32.4 Å². The molecule has 4 nitrogen and oxygen atoms in total. The van der Waals surface area contributed by atoms with Gasteiger partial charge in [0.05, 0.1) is 6.20 Å². The molecule has 3 aromatic rings. The van der Waals surface area contributed by atoms with Crippen LogP contribution in [0.3, 0.4) is 0 Å². The van der Waals surface area contributed by atoms with Gasteiger partial charge in [-0.1, -0.05) is 49.4 Å². The lowest BCUT2D eigenvalue weighted by atomic mass is 9.78. The van der Waals surface area contributed by atoms with Crippen LogP contribution in [0.4, 0.5) is 22.9 Å². The van der Waals surface area contributed by atoms with E-state index >= 15 is 0 Å². The van der Waals surface area contributed by atoms with Gasteiger partial charge in [0.15, 0.2) is 5.82 Å². The highest BCUT2D eigenvalue weighted by Crippen LogP contribution is 2.55. The van der Waals surface area contributed by atoms with E-state index in [0.717, 1.165) is 17.9 Å². The lowest BCUT2D eigenvalue weighted by Gasteiger charge is -2.45. The molecule has 1 aromatic heterocycles. The molecule has 3 unspecified atom stereocenters. The Bertz CT molecular complexity index is 1040. The number of fused-ring (bicyclic) bond motifs is 5. The molecule has 0 saturated heterocycles. The lowest BCUT2D eigenvalue weighted by Crippen LogP contribution is -2.48. The van der Waals surface area contributed by atoms with Crippen LogP contribution in [0.25, 0.3) is 0 Å². The number of rotatable bonds is 3. The van der Waals surface area contributed by atoms with Gasteiger partial charge in [0.1, 0.15) is 18.2 Å². The van der Waals surface area contributed by atoms with E-state index in [9.17, 15) is 0 Å². The molecule has 0 spiro atoms. The number of aryl methyl sites for hydroxylation is 1. The summed E-state index contributed by atoms with van der Waals surface area (Å²) in [6.07, 6.45) is 6.78. The number of anilines is 4. The molecule has 0 N–H and O–H groups in total. The van der Waals surface area contributed by atoms with Crippen LogP contribution in [-0.4, -0.2) is 16.1 Å². The minimum atomic E-state index is 0.160. The molecule has 0 fully saturated rings. The van der Waals surface area contributed by atoms with Gasteiger partial charge in [0, 0.05) is 17.3 Å². The van der Waals surface area contributed by atoms with Crippen molar-refractivity contribution in [1.29, 1.82) is 0 Å². The maximum atomic E-state index is 4.71. The highest BCUT2D eigenvalue weighted by atomic mass is 15.5. The van der Waals surface area contributed by atoms with Gasteiger partial charge in [-0.15, -0.1) is 6.58 Å². The van der Waals surface area contributed by atoms with E-state index in [0.29, 0.717) is 11.8 Å². The maximum absolute atomic E-state index is 4.71. The summed E-state index contributed by atoms with van der Waals surface area (Å²) in [5, 5.41) is 0. The molecule has 0 aliphatic carbocycles. The minimum Gasteiger partial charge on any atom is -0.315 e. The smallest absolute Gasteiger partial charge is 0.162 e. The van der Waals surface area contributed by atoms with Crippen molar-refractivity contribution in [2.24, 2.45) is 5.92 Å². The van der Waals surface area contributed by atoms with Crippen LogP contribution in [0.1, 0.15) is 30.4 Å². The van der Waals surface area contributed by atoms with Crippen LogP contribution in [-0.2, 0) is 0 Å². The van der Waals surface area contributed by atoms with Crippen molar-refractivity contribution in [1.82, 2.24) is 9.97 Å². The molecular formula is C24H24N4. The molecular weight excluding hydrogens is 344 g/mol. The number of nitrogens with zero attached hydrogens (tertiary/aromatic N) is 4.